The number of nitrogens with zero attached hydrogens (tertiary/aromatic N) is 3. The van der Waals surface area contributed by atoms with E-state index >= 15 is 0 Å². The first kappa shape index (κ1) is 10.7. The molecule has 0 unspecified atom stereocenters. The molecule has 2 aliphatic rings. The Kier molecular flexibility index (Phi) is 2.94. The monoisotopic (exact) mass is 255 g/mol. The number of halogens is 1. The predicted molar refractivity (Wildman–Crippen MR) is 68.3 cm³/mol. The smallest absolute Gasteiger partial charge is 0.134 e. The SMILES string of the molecule is Clc1cc(N(C2CC2)[C@H]2CCSC2)ncn1. The maximum Gasteiger partial charge on any atom is 0.134 e. The molecule has 1 aliphatic heterocycles. The summed E-state index contributed by atoms with van der Waals surface area (Å²) in [5.41, 5.74) is 0. The summed E-state index contributed by atoms with van der Waals surface area (Å²) in [5.74, 6) is 3.50. The van der Waals surface area contributed by atoms with E-state index in [4.69, 9.17) is 11.6 Å². The van der Waals surface area contributed by atoms with Gasteiger partial charge in [-0.15, -0.1) is 0 Å². The van der Waals surface area contributed by atoms with Crippen molar-refractivity contribution >= 4 is 29.2 Å². The summed E-state index contributed by atoms with van der Waals surface area (Å²) in [5, 5.41) is 0.543. The molecule has 2 heterocycles. The van der Waals surface area contributed by atoms with E-state index in [1.54, 1.807) is 6.33 Å². The highest BCUT2D eigenvalue weighted by Gasteiger charge is 2.36. The van der Waals surface area contributed by atoms with Crippen molar-refractivity contribution in [1.29, 1.82) is 0 Å². The summed E-state index contributed by atoms with van der Waals surface area (Å²) in [7, 11) is 0. The van der Waals surface area contributed by atoms with Crippen LogP contribution in [0.25, 0.3) is 0 Å². The van der Waals surface area contributed by atoms with Crippen LogP contribution in [-0.2, 0) is 0 Å². The van der Waals surface area contributed by atoms with Crippen LogP contribution in [0, 0.1) is 0 Å². The fourth-order valence-corrected chi connectivity index (χ4v) is 3.58. The summed E-state index contributed by atoms with van der Waals surface area (Å²) in [6, 6.07) is 3.22. The molecule has 5 heteroatoms. The third-order valence-electron chi connectivity index (χ3n) is 3.12. The zero-order valence-corrected chi connectivity index (χ0v) is 10.5. The van der Waals surface area contributed by atoms with Crippen molar-refractivity contribution in [2.75, 3.05) is 16.4 Å². The molecule has 1 saturated carbocycles. The van der Waals surface area contributed by atoms with Crippen LogP contribution in [0.5, 0.6) is 0 Å². The summed E-state index contributed by atoms with van der Waals surface area (Å²) < 4.78 is 0. The Bertz CT molecular complexity index is 377. The molecule has 0 radical (unpaired) electrons. The standard InChI is InChI=1S/C11H14ClN3S/c12-10-5-11(14-7-13-10)15(8-1-2-8)9-3-4-16-6-9/h5,7-9H,1-4,6H2/t9-/m0/s1. The highest BCUT2D eigenvalue weighted by Crippen LogP contribution is 2.36. The van der Waals surface area contributed by atoms with Crippen LogP contribution in [0.2, 0.25) is 5.15 Å². The first-order valence-corrected chi connectivity index (χ1v) is 7.21. The van der Waals surface area contributed by atoms with Gasteiger partial charge in [0.2, 0.25) is 0 Å². The molecule has 1 saturated heterocycles. The highest BCUT2D eigenvalue weighted by molar-refractivity contribution is 7.99. The van der Waals surface area contributed by atoms with Crippen molar-refractivity contribution in [3.8, 4) is 0 Å². The number of aromatic nitrogens is 2. The first-order valence-electron chi connectivity index (χ1n) is 5.68. The van der Waals surface area contributed by atoms with E-state index < -0.39 is 0 Å². The largest absolute Gasteiger partial charge is 0.350 e. The maximum absolute atomic E-state index is 5.94. The van der Waals surface area contributed by atoms with E-state index in [2.05, 4.69) is 14.9 Å². The van der Waals surface area contributed by atoms with Crippen molar-refractivity contribution in [2.24, 2.45) is 0 Å². The molecule has 1 aromatic heterocycles. The molecule has 0 bridgehead atoms. The molecule has 2 fully saturated rings. The third-order valence-corrected chi connectivity index (χ3v) is 4.47. The lowest BCUT2D eigenvalue weighted by atomic mass is 10.2. The van der Waals surface area contributed by atoms with Crippen LogP contribution in [0.15, 0.2) is 12.4 Å². The van der Waals surface area contributed by atoms with Gasteiger partial charge >= 0.3 is 0 Å². The van der Waals surface area contributed by atoms with Crippen molar-refractivity contribution in [1.82, 2.24) is 9.97 Å². The van der Waals surface area contributed by atoms with Crippen LogP contribution in [-0.4, -0.2) is 33.6 Å². The average Bonchev–Trinajstić information content (AvgIpc) is 2.94. The normalized spacial score (nSPS) is 24.7. The first-order chi connectivity index (χ1) is 7.84. The van der Waals surface area contributed by atoms with E-state index in [1.165, 1.54) is 30.8 Å². The number of anilines is 1. The van der Waals surface area contributed by atoms with Gasteiger partial charge in [0.25, 0.3) is 0 Å². The van der Waals surface area contributed by atoms with Crippen LogP contribution in [0.4, 0.5) is 5.82 Å². The number of hydrogen-bond donors (Lipinski definition) is 0. The molecular weight excluding hydrogens is 242 g/mol. The Morgan fingerprint density at radius 1 is 1.25 bits per heavy atom. The van der Waals surface area contributed by atoms with Gasteiger partial charge in [-0.05, 0) is 25.0 Å². The van der Waals surface area contributed by atoms with Crippen molar-refractivity contribution in [2.45, 2.75) is 31.3 Å². The zero-order chi connectivity index (χ0) is 11.0. The van der Waals surface area contributed by atoms with Gasteiger partial charge in [-0.1, -0.05) is 11.6 Å². The van der Waals surface area contributed by atoms with E-state index in [9.17, 15) is 0 Å². The van der Waals surface area contributed by atoms with E-state index in [0.717, 1.165) is 5.82 Å². The lowest BCUT2D eigenvalue weighted by Crippen LogP contribution is -2.37. The highest BCUT2D eigenvalue weighted by atomic mass is 35.5. The number of thioether (sulfide) groups is 1. The van der Waals surface area contributed by atoms with Gasteiger partial charge in [-0.2, -0.15) is 11.8 Å². The minimum Gasteiger partial charge on any atom is -0.350 e. The van der Waals surface area contributed by atoms with Crippen LogP contribution >= 0.6 is 23.4 Å². The quantitative estimate of drug-likeness (QED) is 0.777. The second kappa shape index (κ2) is 4.41. The Hall–Kier alpha value is -0.480. The molecule has 1 atom stereocenters. The van der Waals surface area contributed by atoms with Crippen LogP contribution < -0.4 is 4.90 Å². The fourth-order valence-electron chi connectivity index (χ4n) is 2.23. The molecule has 0 spiro atoms. The average molecular weight is 256 g/mol. The summed E-state index contributed by atoms with van der Waals surface area (Å²) in [6.45, 7) is 0. The van der Waals surface area contributed by atoms with Crippen molar-refractivity contribution in [3.63, 3.8) is 0 Å². The third kappa shape index (κ3) is 2.13. The molecule has 16 heavy (non-hydrogen) atoms. The molecule has 1 aromatic rings. The lowest BCUT2D eigenvalue weighted by molar-refractivity contribution is 0.631. The van der Waals surface area contributed by atoms with Gasteiger partial charge in [-0.3, -0.25) is 0 Å². The zero-order valence-electron chi connectivity index (χ0n) is 8.97. The molecule has 0 aromatic carbocycles. The van der Waals surface area contributed by atoms with Gasteiger partial charge in [0.1, 0.15) is 17.3 Å². The van der Waals surface area contributed by atoms with E-state index in [-0.39, 0.29) is 0 Å². The van der Waals surface area contributed by atoms with Gasteiger partial charge in [-0.25, -0.2) is 9.97 Å². The van der Waals surface area contributed by atoms with E-state index in [1.807, 2.05) is 17.8 Å². The van der Waals surface area contributed by atoms with Gasteiger partial charge in [0, 0.05) is 23.9 Å². The second-order valence-corrected chi connectivity index (χ2v) is 5.89. The fraction of sp³-hybridized carbons (Fsp3) is 0.636. The predicted octanol–water partition coefficient (Wildman–Crippen LogP) is 2.60. The summed E-state index contributed by atoms with van der Waals surface area (Å²) in [6.07, 6.45) is 5.42. The number of rotatable bonds is 3. The van der Waals surface area contributed by atoms with Gasteiger partial charge in [0.15, 0.2) is 0 Å². The van der Waals surface area contributed by atoms with Crippen molar-refractivity contribution < 1.29 is 0 Å². The minimum absolute atomic E-state index is 0.543. The van der Waals surface area contributed by atoms with E-state index in [0.29, 0.717) is 17.2 Å². The minimum atomic E-state index is 0.543. The topological polar surface area (TPSA) is 29.0 Å². The Morgan fingerprint density at radius 3 is 2.75 bits per heavy atom. The Balaban J connectivity index is 1.87. The molecule has 3 rings (SSSR count). The molecule has 0 amide bonds. The van der Waals surface area contributed by atoms with Crippen LogP contribution in [0.1, 0.15) is 19.3 Å². The number of hydrogen-bond acceptors (Lipinski definition) is 4. The Morgan fingerprint density at radius 2 is 2.12 bits per heavy atom. The molecular formula is C11H14ClN3S. The summed E-state index contributed by atoms with van der Waals surface area (Å²) in [4.78, 5) is 10.8. The maximum atomic E-state index is 5.94. The molecule has 0 N–H and O–H groups in total. The summed E-state index contributed by atoms with van der Waals surface area (Å²) >= 11 is 7.97. The molecule has 1 aliphatic carbocycles. The molecule has 3 nitrogen and oxygen atoms in total. The van der Waals surface area contributed by atoms with Crippen LogP contribution in [0.3, 0.4) is 0 Å². The van der Waals surface area contributed by atoms with Gasteiger partial charge in [0.05, 0.1) is 0 Å². The lowest BCUT2D eigenvalue weighted by Gasteiger charge is -2.29. The van der Waals surface area contributed by atoms with Gasteiger partial charge < -0.3 is 4.90 Å². The second-order valence-electron chi connectivity index (χ2n) is 4.35. The molecule has 86 valence electrons. The van der Waals surface area contributed by atoms with Crippen molar-refractivity contribution in [3.05, 3.63) is 17.5 Å². The Labute approximate surface area is 105 Å².